The Bertz CT molecular complexity index is 2770. The van der Waals surface area contributed by atoms with Crippen LogP contribution in [0.15, 0.2) is 66.7 Å². The molecule has 4 aliphatic rings. The van der Waals surface area contributed by atoms with E-state index in [0.717, 1.165) is 87.5 Å². The van der Waals surface area contributed by atoms with E-state index < -0.39 is 35.1 Å². The summed E-state index contributed by atoms with van der Waals surface area (Å²) in [7, 11) is 3.17. The fraction of sp³-hybridized carbons (Fsp3) is 0.442. The van der Waals surface area contributed by atoms with E-state index in [2.05, 4.69) is 38.1 Å². The number of likely N-dealkylation sites (tertiary alicyclic amines) is 1. The minimum atomic E-state index is -1.07. The highest BCUT2D eigenvalue weighted by atomic mass is 35.5. The second kappa shape index (κ2) is 20.1. The molecule has 2 atom stereocenters. The molecule has 0 bridgehead atoms. The van der Waals surface area contributed by atoms with Crippen LogP contribution in [-0.2, 0) is 28.7 Å². The molecule has 17 heteroatoms. The molecular weight excluding hydrogens is 906 g/mol. The minimum absolute atomic E-state index is 0.00476. The van der Waals surface area contributed by atoms with Crippen LogP contribution in [-0.4, -0.2) is 90.9 Å². The van der Waals surface area contributed by atoms with Crippen molar-refractivity contribution in [3.8, 4) is 22.6 Å². The third-order valence-corrected chi connectivity index (χ3v) is 15.4. The summed E-state index contributed by atoms with van der Waals surface area (Å²) in [5, 5.41) is 14.5. The number of hydrogen-bond donors (Lipinski definition) is 4. The Hall–Kier alpha value is -6.10. The molecule has 3 aliphatic heterocycles. The van der Waals surface area contributed by atoms with Crippen molar-refractivity contribution in [3.63, 3.8) is 0 Å². The number of anilines is 1. The molecule has 5 amide bonds. The molecular formula is C52H59ClF2N8O6. The highest BCUT2D eigenvalue weighted by molar-refractivity contribution is 6.34. The van der Waals surface area contributed by atoms with Gasteiger partial charge in [0, 0.05) is 85.7 Å². The van der Waals surface area contributed by atoms with E-state index in [1.54, 1.807) is 4.68 Å². The Morgan fingerprint density at radius 2 is 1.74 bits per heavy atom. The molecule has 364 valence electrons. The number of nitrogens with zero attached hydrogens (tertiary/aromatic N) is 4. The van der Waals surface area contributed by atoms with Crippen LogP contribution in [0.4, 0.5) is 19.4 Å². The van der Waals surface area contributed by atoms with Crippen molar-refractivity contribution >= 4 is 52.1 Å². The van der Waals surface area contributed by atoms with Crippen molar-refractivity contribution in [1.82, 2.24) is 30.6 Å². The summed E-state index contributed by atoms with van der Waals surface area (Å²) in [6.07, 6.45) is 7.51. The van der Waals surface area contributed by atoms with E-state index in [0.29, 0.717) is 36.9 Å². The lowest BCUT2D eigenvalue weighted by molar-refractivity contribution is -0.126. The van der Waals surface area contributed by atoms with Gasteiger partial charge in [-0.1, -0.05) is 54.9 Å². The molecule has 0 spiro atoms. The number of piperidine rings is 1. The van der Waals surface area contributed by atoms with Crippen LogP contribution in [0.2, 0.25) is 5.02 Å². The number of hydrogen-bond acceptors (Lipinski definition) is 9. The van der Waals surface area contributed by atoms with Crippen LogP contribution in [0.3, 0.4) is 0 Å². The number of imide groups is 1. The average molecular weight is 966 g/mol. The summed E-state index contributed by atoms with van der Waals surface area (Å²) in [5.74, 6) is -2.17. The Balaban J connectivity index is 0.756. The highest BCUT2D eigenvalue weighted by Gasteiger charge is 2.50. The number of nitrogens with two attached hydrogens (primary N) is 1. The monoisotopic (exact) mass is 964 g/mol. The topological polar surface area (TPSA) is 173 Å². The molecule has 1 saturated carbocycles. The van der Waals surface area contributed by atoms with E-state index in [9.17, 15) is 19.2 Å². The van der Waals surface area contributed by atoms with Crippen LogP contribution >= 0.6 is 11.6 Å². The summed E-state index contributed by atoms with van der Waals surface area (Å²) in [6, 6.07) is 19.4. The summed E-state index contributed by atoms with van der Waals surface area (Å²) < 4.78 is 45.8. The Morgan fingerprint density at radius 1 is 0.986 bits per heavy atom. The smallest absolute Gasteiger partial charge is 0.329 e. The van der Waals surface area contributed by atoms with E-state index in [1.165, 1.54) is 35.8 Å². The van der Waals surface area contributed by atoms with Crippen molar-refractivity contribution in [2.75, 3.05) is 51.3 Å². The molecule has 4 heterocycles. The van der Waals surface area contributed by atoms with Gasteiger partial charge >= 0.3 is 6.03 Å². The second-order valence-electron chi connectivity index (χ2n) is 19.0. The zero-order chi connectivity index (χ0) is 48.6. The summed E-state index contributed by atoms with van der Waals surface area (Å²) in [6.45, 7) is 5.97. The number of fused-ring (bicyclic) bond motifs is 2. The number of aryl methyl sites for hydroxylation is 2. The number of halogens is 3. The number of aromatic nitrogens is 2. The first-order valence-corrected chi connectivity index (χ1v) is 24.4. The van der Waals surface area contributed by atoms with Crippen LogP contribution in [0.25, 0.3) is 22.0 Å². The van der Waals surface area contributed by atoms with Gasteiger partial charge in [0.1, 0.15) is 11.6 Å². The molecule has 1 aliphatic carbocycles. The molecule has 14 nitrogen and oxygen atoms in total. The summed E-state index contributed by atoms with van der Waals surface area (Å²) in [4.78, 5) is 54.2. The Labute approximate surface area is 405 Å². The molecule has 5 aromatic rings. The molecule has 4 aromatic carbocycles. The van der Waals surface area contributed by atoms with Crippen molar-refractivity contribution < 1.29 is 37.4 Å². The van der Waals surface area contributed by atoms with Crippen LogP contribution in [0.1, 0.15) is 91.3 Å². The van der Waals surface area contributed by atoms with E-state index in [1.807, 2.05) is 50.4 Å². The third kappa shape index (κ3) is 9.50. The van der Waals surface area contributed by atoms with Gasteiger partial charge in [0.05, 0.1) is 23.2 Å². The molecule has 0 radical (unpaired) electrons. The minimum Gasteiger partial charge on any atom is -0.494 e. The maximum Gasteiger partial charge on any atom is 0.329 e. The molecule has 9 rings (SSSR count). The van der Waals surface area contributed by atoms with Crippen molar-refractivity contribution in [2.45, 2.75) is 82.3 Å². The average Bonchev–Trinajstić information content (AvgIpc) is 3.83. The van der Waals surface area contributed by atoms with Crippen LogP contribution in [0.5, 0.6) is 11.5 Å². The molecule has 5 N–H and O–H groups in total. The molecule has 1 aromatic heterocycles. The SMILES string of the molecule is COc1ccc(C(N)=O)c(-c2c(Cl)c(F)cc3c2[C@H](C)[C@@](CNC2CCC(C(=O)NCCN4CCC(CCc5ccc6c(N7CCC(=O)NC7=O)nn(C)c6c5)CC4)CC2)(c2ccccc2)O3)c1F. The fourth-order valence-electron chi connectivity index (χ4n) is 11.0. The molecule has 2 saturated heterocycles. The number of rotatable bonds is 15. The zero-order valence-corrected chi connectivity index (χ0v) is 40.0. The van der Waals surface area contributed by atoms with Crippen molar-refractivity contribution in [2.24, 2.45) is 24.6 Å². The second-order valence-corrected chi connectivity index (χ2v) is 19.4. The van der Waals surface area contributed by atoms with Crippen LogP contribution < -0.4 is 36.1 Å². The predicted octanol–water partition coefficient (Wildman–Crippen LogP) is 7.73. The zero-order valence-electron chi connectivity index (χ0n) is 39.2. The highest BCUT2D eigenvalue weighted by Crippen LogP contribution is 2.56. The van der Waals surface area contributed by atoms with Gasteiger partial charge in [0.25, 0.3) is 0 Å². The summed E-state index contributed by atoms with van der Waals surface area (Å²) in [5.41, 5.74) is 7.71. The van der Waals surface area contributed by atoms with E-state index in [-0.39, 0.29) is 63.4 Å². The fourth-order valence-corrected chi connectivity index (χ4v) is 11.2. The van der Waals surface area contributed by atoms with Crippen molar-refractivity contribution in [3.05, 3.63) is 106 Å². The van der Waals surface area contributed by atoms with E-state index in [4.69, 9.17) is 26.8 Å². The van der Waals surface area contributed by atoms with Crippen molar-refractivity contribution in [1.29, 1.82) is 0 Å². The predicted molar refractivity (Wildman–Crippen MR) is 259 cm³/mol. The van der Waals surface area contributed by atoms with Gasteiger partial charge in [0.2, 0.25) is 17.7 Å². The number of nitrogens with one attached hydrogen (secondary N) is 3. The maximum absolute atomic E-state index is 16.2. The standard InChI is InChI=1S/C52H59ClF2N8O6/c1-30-43-41(28-38(54)46(53)45(43)44-37(48(56)65)17-18-40(68-3)47(44)55)69-52(30,34-7-5-4-6-8-34)29-58-35-14-12-33(13-15-35)50(66)57-22-26-62-23-19-31(20-24-62)9-10-32-11-16-36-39(27-32)61(2)60-49(36)63-25-21-42(64)59-51(63)67/h4-8,11,16-18,27-28,30-31,33,35,58H,9-10,12-15,19-26,29H2,1-3H3,(H2,56,65)(H,57,66)(H,59,64,67)/t30-,33?,35?,52-/m0/s1. The van der Waals surface area contributed by atoms with Gasteiger partial charge < -0.3 is 30.7 Å². The summed E-state index contributed by atoms with van der Waals surface area (Å²) >= 11 is 6.68. The normalized spacial score (nSPS) is 22.1. The van der Waals surface area contributed by atoms with Gasteiger partial charge in [0.15, 0.2) is 23.0 Å². The number of ether oxygens (including phenoxy) is 2. The Kier molecular flexibility index (Phi) is 14.0. The lowest BCUT2D eigenvalue weighted by atomic mass is 9.77. The number of carbonyl (C=O) groups excluding carboxylic acids is 4. The lowest BCUT2D eigenvalue weighted by Gasteiger charge is -2.37. The van der Waals surface area contributed by atoms with Gasteiger partial charge in [-0.05, 0) is 106 Å². The van der Waals surface area contributed by atoms with Gasteiger partial charge in [-0.3, -0.25) is 29.3 Å². The first kappa shape index (κ1) is 47.9. The third-order valence-electron chi connectivity index (χ3n) is 15.0. The van der Waals surface area contributed by atoms with E-state index >= 15 is 8.78 Å². The van der Waals surface area contributed by atoms with Gasteiger partial charge in [-0.25, -0.2) is 13.6 Å². The van der Waals surface area contributed by atoms with Gasteiger partial charge in [-0.15, -0.1) is 0 Å². The number of urea groups is 1. The number of methoxy groups -OCH3 is 1. The number of benzene rings is 4. The largest absolute Gasteiger partial charge is 0.494 e. The molecule has 0 unspecified atom stereocenters. The number of amides is 5. The van der Waals surface area contributed by atoms with Crippen LogP contribution in [0, 0.1) is 23.5 Å². The first-order valence-electron chi connectivity index (χ1n) is 24.0. The molecule has 3 fully saturated rings. The lowest BCUT2D eigenvalue weighted by Crippen LogP contribution is -2.49. The Morgan fingerprint density at radius 3 is 2.45 bits per heavy atom. The number of carbonyl (C=O) groups is 4. The quantitative estimate of drug-likeness (QED) is 0.0820. The van der Waals surface area contributed by atoms with Gasteiger partial charge in [-0.2, -0.15) is 5.10 Å². The maximum atomic E-state index is 16.2. The first-order chi connectivity index (χ1) is 33.3. The molecule has 69 heavy (non-hydrogen) atoms. The number of primary amides is 1.